The van der Waals surface area contributed by atoms with Gasteiger partial charge in [0, 0.05) is 28.1 Å². The summed E-state index contributed by atoms with van der Waals surface area (Å²) in [6, 6.07) is 23.3. The van der Waals surface area contributed by atoms with Crippen LogP contribution in [0.25, 0.3) is 22.4 Å². The first-order valence-electron chi connectivity index (χ1n) is 11.0. The van der Waals surface area contributed by atoms with Crippen molar-refractivity contribution in [3.63, 3.8) is 0 Å². The number of amides is 1. The highest BCUT2D eigenvalue weighted by Gasteiger charge is 2.21. The van der Waals surface area contributed by atoms with Gasteiger partial charge in [-0.25, -0.2) is 4.98 Å². The second-order valence-electron chi connectivity index (χ2n) is 8.28. The molecule has 170 valence electrons. The van der Waals surface area contributed by atoms with E-state index in [9.17, 15) is 9.59 Å². The maximum Gasteiger partial charge on any atom is 0.272 e. The van der Waals surface area contributed by atoms with E-state index < -0.39 is 0 Å². The van der Waals surface area contributed by atoms with Crippen molar-refractivity contribution in [1.29, 1.82) is 5.26 Å². The highest BCUT2D eigenvalue weighted by molar-refractivity contribution is 6.10. The van der Waals surface area contributed by atoms with Crippen molar-refractivity contribution in [2.45, 2.75) is 13.8 Å². The molecule has 0 aliphatic rings. The van der Waals surface area contributed by atoms with Crippen LogP contribution < -0.4 is 5.32 Å². The zero-order valence-corrected chi connectivity index (χ0v) is 19.1. The topological polar surface area (TPSA) is 114 Å². The highest BCUT2D eigenvalue weighted by Crippen LogP contribution is 2.30. The summed E-state index contributed by atoms with van der Waals surface area (Å²) in [4.78, 5) is 37.0. The molecule has 0 saturated heterocycles. The van der Waals surface area contributed by atoms with Gasteiger partial charge in [0.1, 0.15) is 11.5 Å². The molecule has 5 aromatic rings. The molecule has 0 unspecified atom stereocenters. The Morgan fingerprint density at radius 2 is 1.66 bits per heavy atom. The molecular formula is C28H21N5O2. The molecule has 0 spiro atoms. The number of carbonyl (C=O) groups excluding carboxylic acids is 2. The summed E-state index contributed by atoms with van der Waals surface area (Å²) in [5, 5.41) is 11.8. The van der Waals surface area contributed by atoms with Crippen molar-refractivity contribution in [2.24, 2.45) is 0 Å². The normalized spacial score (nSPS) is 10.8. The Morgan fingerprint density at radius 3 is 2.37 bits per heavy atom. The average Bonchev–Trinajstić information content (AvgIpc) is 3.43. The second-order valence-corrected chi connectivity index (χ2v) is 8.28. The maximum atomic E-state index is 12.9. The van der Waals surface area contributed by atoms with E-state index in [1.165, 1.54) is 0 Å². The van der Waals surface area contributed by atoms with Crippen molar-refractivity contribution in [3.05, 3.63) is 106 Å². The molecule has 0 aliphatic heterocycles. The van der Waals surface area contributed by atoms with Gasteiger partial charge in [0.15, 0.2) is 5.78 Å². The van der Waals surface area contributed by atoms with Gasteiger partial charge >= 0.3 is 0 Å². The van der Waals surface area contributed by atoms with Crippen LogP contribution in [0.3, 0.4) is 0 Å². The molecule has 2 heterocycles. The van der Waals surface area contributed by atoms with Gasteiger partial charge in [-0.05, 0) is 61.9 Å². The zero-order valence-electron chi connectivity index (χ0n) is 19.1. The lowest BCUT2D eigenvalue weighted by Crippen LogP contribution is -2.13. The SMILES string of the molecule is Cc1[nH]c(C(=O)Nc2ccc(C#N)cc2)c(C)c1-c1nc2ccc(C(=O)c3ccccc3)cc2[nH]1. The van der Waals surface area contributed by atoms with Crippen molar-refractivity contribution in [1.82, 2.24) is 15.0 Å². The fourth-order valence-electron chi connectivity index (χ4n) is 4.18. The number of carbonyl (C=O) groups is 2. The Balaban J connectivity index is 1.45. The molecule has 0 radical (unpaired) electrons. The Labute approximate surface area is 201 Å². The molecule has 35 heavy (non-hydrogen) atoms. The molecule has 3 aromatic carbocycles. The molecule has 0 saturated carbocycles. The number of aromatic amines is 2. The Kier molecular flexibility index (Phi) is 5.47. The van der Waals surface area contributed by atoms with Crippen LogP contribution in [0.1, 0.15) is 43.2 Å². The lowest BCUT2D eigenvalue weighted by Gasteiger charge is -2.05. The molecule has 0 atom stereocenters. The largest absolute Gasteiger partial charge is 0.354 e. The minimum Gasteiger partial charge on any atom is -0.354 e. The number of rotatable bonds is 5. The number of nitriles is 1. The fraction of sp³-hybridized carbons (Fsp3) is 0.0714. The van der Waals surface area contributed by atoms with E-state index in [0.29, 0.717) is 33.9 Å². The number of aryl methyl sites for hydroxylation is 1. The average molecular weight is 460 g/mol. The molecule has 5 rings (SSSR count). The number of benzene rings is 3. The molecule has 0 aliphatic carbocycles. The quantitative estimate of drug-likeness (QED) is 0.300. The van der Waals surface area contributed by atoms with E-state index in [1.807, 2.05) is 38.1 Å². The summed E-state index contributed by atoms with van der Waals surface area (Å²) >= 11 is 0. The van der Waals surface area contributed by atoms with Crippen LogP contribution in [-0.4, -0.2) is 26.6 Å². The van der Waals surface area contributed by atoms with Gasteiger partial charge in [-0.3, -0.25) is 9.59 Å². The Bertz CT molecular complexity index is 1620. The summed E-state index contributed by atoms with van der Waals surface area (Å²) in [7, 11) is 0. The van der Waals surface area contributed by atoms with Crippen LogP contribution in [0.4, 0.5) is 5.69 Å². The summed E-state index contributed by atoms with van der Waals surface area (Å²) < 4.78 is 0. The van der Waals surface area contributed by atoms with Crippen LogP contribution in [0, 0.1) is 25.2 Å². The molecule has 1 amide bonds. The van der Waals surface area contributed by atoms with E-state index in [-0.39, 0.29) is 11.7 Å². The summed E-state index contributed by atoms with van der Waals surface area (Å²) in [6.07, 6.45) is 0. The Morgan fingerprint density at radius 1 is 0.914 bits per heavy atom. The number of nitrogens with one attached hydrogen (secondary N) is 3. The monoisotopic (exact) mass is 459 g/mol. The molecule has 7 nitrogen and oxygen atoms in total. The number of hydrogen-bond donors (Lipinski definition) is 3. The van der Waals surface area contributed by atoms with Crippen molar-refractivity contribution in [2.75, 3.05) is 5.32 Å². The minimum absolute atomic E-state index is 0.0561. The molecule has 2 aromatic heterocycles. The van der Waals surface area contributed by atoms with Gasteiger partial charge in [-0.2, -0.15) is 5.26 Å². The summed E-state index contributed by atoms with van der Waals surface area (Å²) in [5.74, 6) is 0.279. The highest BCUT2D eigenvalue weighted by atomic mass is 16.2. The molecule has 3 N–H and O–H groups in total. The number of hydrogen-bond acceptors (Lipinski definition) is 4. The van der Waals surface area contributed by atoms with E-state index in [2.05, 4.69) is 21.4 Å². The third-order valence-electron chi connectivity index (χ3n) is 5.95. The van der Waals surface area contributed by atoms with E-state index in [0.717, 1.165) is 27.9 Å². The lowest BCUT2D eigenvalue weighted by atomic mass is 10.0. The molecular weight excluding hydrogens is 438 g/mol. The third kappa shape index (κ3) is 4.09. The summed E-state index contributed by atoms with van der Waals surface area (Å²) in [5.41, 5.74) is 6.59. The van der Waals surface area contributed by atoms with Crippen LogP contribution in [0.2, 0.25) is 0 Å². The first-order chi connectivity index (χ1) is 16.9. The fourth-order valence-corrected chi connectivity index (χ4v) is 4.18. The molecule has 0 fully saturated rings. The number of imidazole rings is 1. The summed E-state index contributed by atoms with van der Waals surface area (Å²) in [6.45, 7) is 3.75. The molecule has 0 bridgehead atoms. The lowest BCUT2D eigenvalue weighted by molar-refractivity contribution is 0.101. The van der Waals surface area contributed by atoms with Crippen LogP contribution in [0.15, 0.2) is 72.8 Å². The van der Waals surface area contributed by atoms with Crippen LogP contribution in [-0.2, 0) is 0 Å². The predicted molar refractivity (Wildman–Crippen MR) is 134 cm³/mol. The van der Waals surface area contributed by atoms with Gasteiger partial charge in [0.2, 0.25) is 0 Å². The van der Waals surface area contributed by atoms with Gasteiger partial charge < -0.3 is 15.3 Å². The molecule has 7 heteroatoms. The number of anilines is 1. The van der Waals surface area contributed by atoms with Crippen LogP contribution >= 0.6 is 0 Å². The minimum atomic E-state index is -0.284. The van der Waals surface area contributed by atoms with Crippen LogP contribution in [0.5, 0.6) is 0 Å². The van der Waals surface area contributed by atoms with E-state index >= 15 is 0 Å². The number of ketones is 1. The van der Waals surface area contributed by atoms with Gasteiger partial charge in [-0.15, -0.1) is 0 Å². The van der Waals surface area contributed by atoms with E-state index in [4.69, 9.17) is 10.2 Å². The number of H-pyrrole nitrogens is 2. The smallest absolute Gasteiger partial charge is 0.272 e. The third-order valence-corrected chi connectivity index (χ3v) is 5.95. The van der Waals surface area contributed by atoms with Gasteiger partial charge in [0.25, 0.3) is 5.91 Å². The maximum absolute atomic E-state index is 12.9. The number of aromatic nitrogens is 3. The van der Waals surface area contributed by atoms with Gasteiger partial charge in [-0.1, -0.05) is 30.3 Å². The number of fused-ring (bicyclic) bond motifs is 1. The van der Waals surface area contributed by atoms with E-state index in [1.54, 1.807) is 48.5 Å². The predicted octanol–water partition coefficient (Wildman–Crippen LogP) is 5.53. The second kappa shape index (κ2) is 8.76. The number of nitrogens with zero attached hydrogens (tertiary/aromatic N) is 2. The van der Waals surface area contributed by atoms with Gasteiger partial charge in [0.05, 0.1) is 22.7 Å². The Hall–Kier alpha value is -4.96. The first kappa shape index (κ1) is 21.9. The van der Waals surface area contributed by atoms with Crippen molar-refractivity contribution < 1.29 is 9.59 Å². The van der Waals surface area contributed by atoms with Crippen molar-refractivity contribution in [3.8, 4) is 17.5 Å². The van der Waals surface area contributed by atoms with Crippen molar-refractivity contribution >= 4 is 28.4 Å². The zero-order chi connectivity index (χ0) is 24.5. The standard InChI is InChI=1S/C28H21N5O2/c1-16-24(17(2)30-25(16)28(35)31-21-11-8-18(15-29)9-12-21)27-32-22-13-10-20(14-23(22)33-27)26(34)19-6-4-3-5-7-19/h3-14,30H,1-2H3,(H,31,35)(H,32,33). The first-order valence-corrected chi connectivity index (χ1v) is 11.0.